The Bertz CT molecular complexity index is 534. The Morgan fingerprint density at radius 1 is 1.12 bits per heavy atom. The van der Waals surface area contributed by atoms with E-state index in [1.807, 2.05) is 25.1 Å². The Labute approximate surface area is 96.2 Å². The average Bonchev–Trinajstić information content (AvgIpc) is 2.31. The minimum atomic E-state index is -3.32. The minimum Gasteiger partial charge on any atom is -0.219 e. The molecule has 0 saturated heterocycles. The quantitative estimate of drug-likeness (QED) is 0.787. The normalized spacial score (nSPS) is 15.9. The Hall–Kier alpha value is -1.35. The number of allylic oxidation sites excluding steroid dienone is 4. The van der Waals surface area contributed by atoms with Crippen molar-refractivity contribution in [3.05, 3.63) is 59.4 Å². The highest BCUT2D eigenvalue weighted by Gasteiger charge is 2.20. The molecule has 0 N–H and O–H groups in total. The summed E-state index contributed by atoms with van der Waals surface area (Å²) >= 11 is 0. The van der Waals surface area contributed by atoms with Crippen molar-refractivity contribution in [1.82, 2.24) is 0 Å². The second-order valence-electron chi connectivity index (χ2n) is 3.75. The molecule has 0 fully saturated rings. The summed E-state index contributed by atoms with van der Waals surface area (Å²) in [5.74, 6) is 0. The maximum Gasteiger partial charge on any atom is 0.203 e. The Kier molecular flexibility index (Phi) is 2.97. The molecule has 16 heavy (non-hydrogen) atoms. The fourth-order valence-corrected chi connectivity index (χ4v) is 2.89. The van der Waals surface area contributed by atoms with Crippen LogP contribution in [0.3, 0.4) is 0 Å². The predicted octanol–water partition coefficient (Wildman–Crippen LogP) is 2.82. The first kappa shape index (κ1) is 11.1. The van der Waals surface area contributed by atoms with E-state index in [0.717, 1.165) is 5.56 Å². The molecule has 2 rings (SSSR count). The van der Waals surface area contributed by atoms with E-state index < -0.39 is 9.84 Å². The summed E-state index contributed by atoms with van der Waals surface area (Å²) in [4.78, 5) is 0.745. The molecule has 0 saturated carbocycles. The average molecular weight is 233 g/mol. The number of rotatable bonds is 2. The van der Waals surface area contributed by atoms with Crippen molar-refractivity contribution in [2.24, 2.45) is 0 Å². The lowest BCUT2D eigenvalue weighted by Crippen LogP contribution is -2.06. The van der Waals surface area contributed by atoms with Gasteiger partial charge in [0.2, 0.25) is 9.84 Å². The van der Waals surface area contributed by atoms with Crippen LogP contribution in [0.5, 0.6) is 0 Å². The third-order valence-corrected chi connectivity index (χ3v) is 4.31. The molecule has 83 valence electrons. The highest BCUT2D eigenvalue weighted by molar-refractivity contribution is 7.95. The first-order valence-electron chi connectivity index (χ1n) is 5.12. The second-order valence-corrected chi connectivity index (χ2v) is 5.70. The zero-order valence-corrected chi connectivity index (χ0v) is 9.87. The summed E-state index contributed by atoms with van der Waals surface area (Å²) in [6.45, 7) is 1.94. The van der Waals surface area contributed by atoms with Crippen LogP contribution in [0.25, 0.3) is 0 Å². The largest absolute Gasteiger partial charge is 0.219 e. The van der Waals surface area contributed by atoms with Crippen molar-refractivity contribution in [3.8, 4) is 0 Å². The van der Waals surface area contributed by atoms with E-state index in [9.17, 15) is 8.42 Å². The van der Waals surface area contributed by atoms with Gasteiger partial charge in [-0.3, -0.25) is 0 Å². The molecule has 1 aliphatic rings. The summed E-state index contributed by atoms with van der Waals surface area (Å²) in [6.07, 6.45) is 7.75. The van der Waals surface area contributed by atoms with Crippen LogP contribution in [0.2, 0.25) is 0 Å². The molecule has 3 heteroatoms. The fourth-order valence-electron chi connectivity index (χ4n) is 1.55. The van der Waals surface area contributed by atoms with Gasteiger partial charge >= 0.3 is 0 Å². The molecule has 2 nitrogen and oxygen atoms in total. The van der Waals surface area contributed by atoms with E-state index in [4.69, 9.17) is 0 Å². The number of hydrogen-bond donors (Lipinski definition) is 0. The van der Waals surface area contributed by atoms with Crippen molar-refractivity contribution < 1.29 is 8.42 Å². The SMILES string of the molecule is Cc1ccc(S(=O)(=O)C2=CC=CC[CH]2)cc1. The van der Waals surface area contributed by atoms with Crippen molar-refractivity contribution in [3.63, 3.8) is 0 Å². The molecular weight excluding hydrogens is 220 g/mol. The van der Waals surface area contributed by atoms with E-state index in [-0.39, 0.29) is 0 Å². The molecule has 0 aromatic heterocycles. The van der Waals surface area contributed by atoms with Crippen molar-refractivity contribution in [2.45, 2.75) is 18.2 Å². The van der Waals surface area contributed by atoms with E-state index in [1.54, 1.807) is 30.7 Å². The van der Waals surface area contributed by atoms with Gasteiger partial charge in [0.25, 0.3) is 0 Å². The van der Waals surface area contributed by atoms with Gasteiger partial charge in [-0.25, -0.2) is 8.42 Å². The summed E-state index contributed by atoms with van der Waals surface area (Å²) in [7, 11) is -3.32. The van der Waals surface area contributed by atoms with E-state index >= 15 is 0 Å². The summed E-state index contributed by atoms with van der Waals surface area (Å²) in [5, 5.41) is 0. The van der Waals surface area contributed by atoms with Gasteiger partial charge in [-0.1, -0.05) is 29.8 Å². The lowest BCUT2D eigenvalue weighted by atomic mass is 10.2. The second kappa shape index (κ2) is 4.26. The highest BCUT2D eigenvalue weighted by atomic mass is 32.2. The van der Waals surface area contributed by atoms with Crippen LogP contribution >= 0.6 is 0 Å². The first-order chi connectivity index (χ1) is 7.60. The standard InChI is InChI=1S/C13H13O2S/c1-11-7-9-13(10-8-11)16(14,15)12-5-3-2-4-6-12/h2-3,5-10H,4H2,1H3. The zero-order chi connectivity index (χ0) is 11.6. The maximum absolute atomic E-state index is 12.2. The molecule has 0 atom stereocenters. The predicted molar refractivity (Wildman–Crippen MR) is 64.5 cm³/mol. The van der Waals surface area contributed by atoms with Crippen LogP contribution in [0.15, 0.2) is 52.3 Å². The number of hydrogen-bond acceptors (Lipinski definition) is 2. The lowest BCUT2D eigenvalue weighted by Gasteiger charge is -2.10. The molecule has 0 amide bonds. The Morgan fingerprint density at radius 2 is 1.81 bits per heavy atom. The van der Waals surface area contributed by atoms with Gasteiger partial charge in [-0.2, -0.15) is 0 Å². The monoisotopic (exact) mass is 233 g/mol. The summed E-state index contributed by atoms with van der Waals surface area (Å²) in [6, 6.07) is 6.92. The zero-order valence-electron chi connectivity index (χ0n) is 9.05. The number of sulfone groups is 1. The topological polar surface area (TPSA) is 34.1 Å². The third-order valence-electron chi connectivity index (χ3n) is 2.49. The van der Waals surface area contributed by atoms with Crippen LogP contribution in [0, 0.1) is 13.3 Å². The van der Waals surface area contributed by atoms with Gasteiger partial charge in [0.15, 0.2) is 0 Å². The van der Waals surface area contributed by atoms with Crippen LogP contribution in [-0.2, 0) is 9.84 Å². The van der Waals surface area contributed by atoms with Gasteiger partial charge in [-0.15, -0.1) is 0 Å². The smallest absolute Gasteiger partial charge is 0.203 e. The third kappa shape index (κ3) is 2.09. The van der Waals surface area contributed by atoms with Crippen molar-refractivity contribution in [1.29, 1.82) is 0 Å². The van der Waals surface area contributed by atoms with Crippen LogP contribution < -0.4 is 0 Å². The summed E-state index contributed by atoms with van der Waals surface area (Å²) < 4.78 is 24.3. The number of benzene rings is 1. The molecule has 0 unspecified atom stereocenters. The lowest BCUT2D eigenvalue weighted by molar-refractivity contribution is 0.602. The van der Waals surface area contributed by atoms with Crippen LogP contribution in [-0.4, -0.2) is 8.42 Å². The number of aryl methyl sites for hydroxylation is 1. The molecule has 1 aromatic rings. The van der Waals surface area contributed by atoms with Crippen LogP contribution in [0.1, 0.15) is 12.0 Å². The van der Waals surface area contributed by atoms with Crippen molar-refractivity contribution in [2.75, 3.05) is 0 Å². The Morgan fingerprint density at radius 3 is 2.38 bits per heavy atom. The molecule has 1 aliphatic carbocycles. The van der Waals surface area contributed by atoms with Gasteiger partial charge < -0.3 is 0 Å². The molecule has 0 bridgehead atoms. The van der Waals surface area contributed by atoms with E-state index in [0.29, 0.717) is 16.2 Å². The minimum absolute atomic E-state index is 0.357. The molecule has 0 spiro atoms. The summed E-state index contributed by atoms with van der Waals surface area (Å²) in [5.41, 5.74) is 1.06. The van der Waals surface area contributed by atoms with Gasteiger partial charge in [0.05, 0.1) is 9.80 Å². The van der Waals surface area contributed by atoms with Gasteiger partial charge in [0, 0.05) is 6.42 Å². The molecule has 0 aliphatic heterocycles. The van der Waals surface area contributed by atoms with Crippen LogP contribution in [0.4, 0.5) is 0 Å². The van der Waals surface area contributed by atoms with Gasteiger partial charge in [-0.05, 0) is 31.6 Å². The van der Waals surface area contributed by atoms with Crippen molar-refractivity contribution >= 4 is 9.84 Å². The maximum atomic E-state index is 12.2. The molecule has 0 heterocycles. The highest BCUT2D eigenvalue weighted by Crippen LogP contribution is 2.24. The molecular formula is C13H13O2S. The van der Waals surface area contributed by atoms with E-state index in [2.05, 4.69) is 0 Å². The fraction of sp³-hybridized carbons (Fsp3) is 0.154. The molecule has 1 radical (unpaired) electrons. The Balaban J connectivity index is 2.42. The van der Waals surface area contributed by atoms with E-state index in [1.165, 1.54) is 0 Å². The first-order valence-corrected chi connectivity index (χ1v) is 6.61. The van der Waals surface area contributed by atoms with Gasteiger partial charge in [0.1, 0.15) is 0 Å². The molecule has 1 aromatic carbocycles.